The minimum absolute atomic E-state index is 0.253. The fraction of sp³-hybridized carbons (Fsp3) is 0.0833. The first-order chi connectivity index (χ1) is 14.5. The second kappa shape index (κ2) is 8.05. The topological polar surface area (TPSA) is 69.8 Å². The molecule has 0 saturated carbocycles. The summed E-state index contributed by atoms with van der Waals surface area (Å²) >= 11 is 6.59. The number of hydrogen-bond donors (Lipinski definition) is 3. The third kappa shape index (κ3) is 3.55. The quantitative estimate of drug-likeness (QED) is 0.348. The number of anilines is 2. The first kappa shape index (κ1) is 19.7. The summed E-state index contributed by atoms with van der Waals surface area (Å²) in [7, 11) is 1.89. The number of amides is 1. The van der Waals surface area contributed by atoms with Crippen molar-refractivity contribution in [2.45, 2.75) is 6.92 Å². The number of rotatable bonds is 5. The Morgan fingerprint density at radius 2 is 1.87 bits per heavy atom. The van der Waals surface area contributed by atoms with Crippen molar-refractivity contribution < 1.29 is 4.79 Å². The lowest BCUT2D eigenvalue weighted by Gasteiger charge is -2.12. The van der Waals surface area contributed by atoms with Crippen molar-refractivity contribution in [1.82, 2.24) is 9.97 Å². The summed E-state index contributed by atoms with van der Waals surface area (Å²) in [6.45, 7) is 5.48. The molecule has 4 aromatic rings. The van der Waals surface area contributed by atoms with Crippen LogP contribution in [0.3, 0.4) is 0 Å². The molecule has 0 atom stereocenters. The van der Waals surface area contributed by atoms with Gasteiger partial charge in [0, 0.05) is 35.6 Å². The van der Waals surface area contributed by atoms with E-state index >= 15 is 0 Å². The maximum absolute atomic E-state index is 11.9. The number of aryl methyl sites for hydroxylation is 1. The Balaban J connectivity index is 1.96. The Morgan fingerprint density at radius 3 is 2.57 bits per heavy atom. The van der Waals surface area contributed by atoms with Gasteiger partial charge in [0.2, 0.25) is 5.91 Å². The molecule has 2 aromatic carbocycles. The molecule has 5 nitrogen and oxygen atoms in total. The van der Waals surface area contributed by atoms with Gasteiger partial charge in [-0.3, -0.25) is 4.79 Å². The van der Waals surface area contributed by atoms with Gasteiger partial charge in [0.05, 0.1) is 10.7 Å². The number of carbonyl (C=O) groups excluding carboxylic acids is 1. The fourth-order valence-electron chi connectivity index (χ4n) is 3.48. The van der Waals surface area contributed by atoms with Gasteiger partial charge in [-0.1, -0.05) is 42.4 Å². The van der Waals surface area contributed by atoms with E-state index in [0.717, 1.165) is 44.7 Å². The molecule has 0 aliphatic heterocycles. The molecule has 0 bridgehead atoms. The summed E-state index contributed by atoms with van der Waals surface area (Å²) in [5.74, 6) is -0.253. The fourth-order valence-corrected chi connectivity index (χ4v) is 3.72. The van der Waals surface area contributed by atoms with Crippen molar-refractivity contribution in [1.29, 1.82) is 0 Å². The molecule has 2 heterocycles. The number of H-pyrrole nitrogens is 1. The number of hydrogen-bond acceptors (Lipinski definition) is 3. The summed E-state index contributed by atoms with van der Waals surface area (Å²) in [6.07, 6.45) is 2.94. The third-order valence-corrected chi connectivity index (χ3v) is 5.39. The van der Waals surface area contributed by atoms with Gasteiger partial charge in [-0.2, -0.15) is 0 Å². The highest BCUT2D eigenvalue weighted by molar-refractivity contribution is 6.36. The van der Waals surface area contributed by atoms with Gasteiger partial charge in [0.15, 0.2) is 0 Å². The summed E-state index contributed by atoms with van der Waals surface area (Å²) in [6, 6.07) is 15.9. The van der Waals surface area contributed by atoms with Crippen LogP contribution >= 0.6 is 11.6 Å². The van der Waals surface area contributed by atoms with Crippen LogP contribution < -0.4 is 10.6 Å². The summed E-state index contributed by atoms with van der Waals surface area (Å²) in [4.78, 5) is 19.8. The van der Waals surface area contributed by atoms with Crippen LogP contribution in [0, 0.1) is 6.92 Å². The van der Waals surface area contributed by atoms with E-state index in [4.69, 9.17) is 11.6 Å². The Morgan fingerprint density at radius 1 is 1.13 bits per heavy atom. The van der Waals surface area contributed by atoms with Gasteiger partial charge in [-0.15, -0.1) is 0 Å². The zero-order valence-electron chi connectivity index (χ0n) is 16.7. The van der Waals surface area contributed by atoms with Crippen LogP contribution in [-0.4, -0.2) is 22.9 Å². The van der Waals surface area contributed by atoms with Gasteiger partial charge in [-0.05, 0) is 54.0 Å². The van der Waals surface area contributed by atoms with E-state index in [0.29, 0.717) is 10.7 Å². The minimum Gasteiger partial charge on any atom is -0.388 e. The number of benzene rings is 2. The van der Waals surface area contributed by atoms with Gasteiger partial charge in [-0.25, -0.2) is 4.98 Å². The molecule has 3 N–H and O–H groups in total. The second-order valence-electron chi connectivity index (χ2n) is 6.94. The molecule has 0 saturated heterocycles. The highest BCUT2D eigenvalue weighted by Crippen LogP contribution is 2.41. The smallest absolute Gasteiger partial charge is 0.247 e. The summed E-state index contributed by atoms with van der Waals surface area (Å²) in [5.41, 5.74) is 7.21. The molecule has 0 unspecified atom stereocenters. The first-order valence-corrected chi connectivity index (χ1v) is 9.88. The molecule has 1 amide bonds. The summed E-state index contributed by atoms with van der Waals surface area (Å²) < 4.78 is 0. The Labute approximate surface area is 179 Å². The lowest BCUT2D eigenvalue weighted by atomic mass is 9.97. The number of pyridine rings is 1. The second-order valence-corrected chi connectivity index (χ2v) is 7.35. The minimum atomic E-state index is -0.253. The molecule has 0 fully saturated rings. The largest absolute Gasteiger partial charge is 0.388 e. The average Bonchev–Trinajstić information content (AvgIpc) is 3.16. The van der Waals surface area contributed by atoms with E-state index in [1.165, 1.54) is 6.08 Å². The van der Waals surface area contributed by atoms with Crippen molar-refractivity contribution in [2.75, 3.05) is 17.7 Å². The number of nitrogens with one attached hydrogen (secondary N) is 3. The molecule has 0 aliphatic rings. The lowest BCUT2D eigenvalue weighted by Crippen LogP contribution is -2.08. The van der Waals surface area contributed by atoms with Gasteiger partial charge in [0.25, 0.3) is 0 Å². The number of fused-ring (bicyclic) bond motifs is 1. The Kier molecular flexibility index (Phi) is 5.29. The number of carbonyl (C=O) groups is 1. The number of nitrogens with zero attached hydrogens (tertiary/aromatic N) is 1. The molecule has 150 valence electrons. The van der Waals surface area contributed by atoms with Gasteiger partial charge in [0.1, 0.15) is 5.65 Å². The molecular formula is C24H21ClN4O. The van der Waals surface area contributed by atoms with Crippen molar-refractivity contribution in [3.63, 3.8) is 0 Å². The Bertz CT molecular complexity index is 1260. The summed E-state index contributed by atoms with van der Waals surface area (Å²) in [5, 5.41) is 7.47. The molecule has 4 rings (SSSR count). The number of halogens is 1. The maximum atomic E-state index is 11.9. The van der Waals surface area contributed by atoms with Crippen molar-refractivity contribution >= 4 is 39.9 Å². The van der Waals surface area contributed by atoms with E-state index in [2.05, 4.69) is 27.2 Å². The number of aromatic amines is 1. The van der Waals surface area contributed by atoms with E-state index in [1.807, 2.05) is 56.4 Å². The monoisotopic (exact) mass is 416 g/mol. The van der Waals surface area contributed by atoms with E-state index in [9.17, 15) is 4.79 Å². The standard InChI is InChI=1S/C24H21ClN4O/c1-4-20(30)28-19-13-16(6-5-14(19)2)21-22-18(25)11-12-27-24(22)29-23(21)15-7-9-17(26-3)10-8-15/h4-13,26H,1H2,2-3H3,(H,27,29)(H,28,30). The third-order valence-electron chi connectivity index (χ3n) is 5.08. The van der Waals surface area contributed by atoms with E-state index < -0.39 is 0 Å². The molecule has 30 heavy (non-hydrogen) atoms. The van der Waals surface area contributed by atoms with Crippen LogP contribution in [0.1, 0.15) is 5.56 Å². The van der Waals surface area contributed by atoms with Crippen LogP contribution in [0.5, 0.6) is 0 Å². The van der Waals surface area contributed by atoms with Crippen LogP contribution in [0.4, 0.5) is 11.4 Å². The molecule has 6 heteroatoms. The maximum Gasteiger partial charge on any atom is 0.247 e. The predicted octanol–water partition coefficient (Wildman–Crippen LogP) is 6.02. The average molecular weight is 417 g/mol. The van der Waals surface area contributed by atoms with Crippen LogP contribution in [-0.2, 0) is 4.79 Å². The molecular weight excluding hydrogens is 396 g/mol. The van der Waals surface area contributed by atoms with Gasteiger partial charge < -0.3 is 15.6 Å². The molecule has 0 aliphatic carbocycles. The normalized spacial score (nSPS) is 10.8. The van der Waals surface area contributed by atoms with Crippen molar-refractivity contribution in [2.24, 2.45) is 0 Å². The van der Waals surface area contributed by atoms with E-state index in [-0.39, 0.29) is 5.91 Å². The van der Waals surface area contributed by atoms with Crippen molar-refractivity contribution in [3.05, 3.63) is 78.0 Å². The van der Waals surface area contributed by atoms with Crippen molar-refractivity contribution in [3.8, 4) is 22.4 Å². The molecule has 0 radical (unpaired) electrons. The molecule has 0 spiro atoms. The molecule has 2 aromatic heterocycles. The van der Waals surface area contributed by atoms with Gasteiger partial charge >= 0.3 is 0 Å². The predicted molar refractivity (Wildman–Crippen MR) is 125 cm³/mol. The van der Waals surface area contributed by atoms with Crippen LogP contribution in [0.15, 0.2) is 67.4 Å². The highest BCUT2D eigenvalue weighted by Gasteiger charge is 2.19. The highest BCUT2D eigenvalue weighted by atomic mass is 35.5. The Hall–Kier alpha value is -3.57. The first-order valence-electron chi connectivity index (χ1n) is 9.50. The lowest BCUT2D eigenvalue weighted by molar-refractivity contribution is -0.111. The van der Waals surface area contributed by atoms with E-state index in [1.54, 1.807) is 12.3 Å². The zero-order chi connectivity index (χ0) is 21.3. The zero-order valence-corrected chi connectivity index (χ0v) is 17.5. The SMILES string of the molecule is C=CC(=O)Nc1cc(-c2c(-c3ccc(NC)cc3)[nH]c3nccc(Cl)c23)ccc1C. The van der Waals surface area contributed by atoms with Crippen LogP contribution in [0.25, 0.3) is 33.4 Å². The van der Waals surface area contributed by atoms with Crippen LogP contribution in [0.2, 0.25) is 5.02 Å². The number of aromatic nitrogens is 2.